The number of carbonyl (C=O) groups excluding carboxylic acids is 3. The van der Waals surface area contributed by atoms with Crippen molar-refractivity contribution in [3.05, 3.63) is 256 Å². The van der Waals surface area contributed by atoms with Gasteiger partial charge >= 0.3 is 0 Å². The highest BCUT2D eigenvalue weighted by Crippen LogP contribution is 2.41. The van der Waals surface area contributed by atoms with E-state index in [0.29, 0.717) is 104 Å². The van der Waals surface area contributed by atoms with Crippen molar-refractivity contribution in [2.24, 2.45) is 15.0 Å². The number of amidine groups is 3. The third kappa shape index (κ3) is 12.4. The normalized spacial score (nSPS) is 17.2. The number of anilines is 3. The Morgan fingerprint density at radius 1 is 0.464 bits per heavy atom. The minimum atomic E-state index is -0.261. The van der Waals surface area contributed by atoms with E-state index in [-0.39, 0.29) is 24.3 Å². The molecule has 9 aromatic rings. The monoisotopic (exact) mass is 1160 g/mol. The number of hydrogen-bond donors (Lipinski definition) is 0. The Labute approximate surface area is 496 Å². The predicted octanol–water partition coefficient (Wildman–Crippen LogP) is 14.6. The standard InChI is InChI=1S/C66H47N9O6S3/c1-79-54-31-28-48(68-41-54)38-58-62(77)75(65(83-58)71-47-19-9-4-10-20-47)53-29-26-43(27-30-53)42-81-55-37-50(39-59-63(78)74(52-24-13-6-14-25-52)64(84-59)70-46-17-7-3-8-18-46)69-56(40-55)45-16-15-21-49(36-45)72-66-73(51-22-11-5-12-23-51)61(76)57(82-66)34-44-32-33-67-60(35-44)80-2/h3-41H,42H2,1-2H3/b57-34-,58-38-,59-39-,70-64-,71-65-,72-66-. The topological polar surface area (TPSA) is 164 Å². The maximum atomic E-state index is 14.6. The molecule has 15 nitrogen and oxygen atoms in total. The van der Waals surface area contributed by atoms with Gasteiger partial charge < -0.3 is 14.2 Å². The zero-order valence-electron chi connectivity index (χ0n) is 44.9. The summed E-state index contributed by atoms with van der Waals surface area (Å²) in [7, 11) is 3.12. The second-order valence-corrected chi connectivity index (χ2v) is 21.7. The van der Waals surface area contributed by atoms with Gasteiger partial charge in [0.05, 0.1) is 86.3 Å². The molecule has 0 spiro atoms. The number of rotatable bonds is 15. The Balaban J connectivity index is 0.880. The highest BCUT2D eigenvalue weighted by molar-refractivity contribution is 8.20. The molecule has 0 unspecified atom stereocenters. The predicted molar refractivity (Wildman–Crippen MR) is 338 cm³/mol. The third-order valence-corrected chi connectivity index (χ3v) is 15.9. The van der Waals surface area contributed by atoms with Crippen LogP contribution in [0.2, 0.25) is 0 Å². The molecule has 0 aliphatic carbocycles. The van der Waals surface area contributed by atoms with Gasteiger partial charge in [0.2, 0.25) is 5.88 Å². The Bertz CT molecular complexity index is 4150. The van der Waals surface area contributed by atoms with Crippen LogP contribution in [-0.4, -0.2) is 62.4 Å². The number of benzene rings is 6. The lowest BCUT2D eigenvalue weighted by Gasteiger charge is -2.16. The maximum Gasteiger partial charge on any atom is 0.271 e. The van der Waals surface area contributed by atoms with Gasteiger partial charge in [-0.25, -0.2) is 24.9 Å². The van der Waals surface area contributed by atoms with E-state index in [1.54, 1.807) is 83.8 Å². The average Bonchev–Trinajstić information content (AvgIpc) is 4.06. The van der Waals surface area contributed by atoms with Crippen molar-refractivity contribution in [1.29, 1.82) is 0 Å². The van der Waals surface area contributed by atoms with E-state index >= 15 is 0 Å². The number of pyridine rings is 3. The molecule has 3 aliphatic heterocycles. The first-order valence-electron chi connectivity index (χ1n) is 26.2. The first-order chi connectivity index (χ1) is 41.2. The summed E-state index contributed by atoms with van der Waals surface area (Å²) in [6.07, 6.45) is 8.55. The molecule has 3 saturated heterocycles. The van der Waals surface area contributed by atoms with Crippen molar-refractivity contribution >= 4 is 121 Å². The molecule has 0 bridgehead atoms. The van der Waals surface area contributed by atoms with Crippen molar-refractivity contribution in [2.45, 2.75) is 6.61 Å². The second kappa shape index (κ2) is 24.9. The van der Waals surface area contributed by atoms with Crippen molar-refractivity contribution in [2.75, 3.05) is 28.9 Å². The van der Waals surface area contributed by atoms with Gasteiger partial charge in [-0.2, -0.15) is 0 Å². The number of methoxy groups -OCH3 is 2. The molecule has 84 heavy (non-hydrogen) atoms. The largest absolute Gasteiger partial charge is 0.495 e. The summed E-state index contributed by atoms with van der Waals surface area (Å²) in [6.45, 7) is 0.140. The lowest BCUT2D eigenvalue weighted by Crippen LogP contribution is -2.28. The summed E-state index contributed by atoms with van der Waals surface area (Å²) in [5.74, 6) is 0.784. The molecule has 3 aromatic heterocycles. The number of carbonyl (C=O) groups is 3. The number of nitrogens with zero attached hydrogens (tertiary/aromatic N) is 9. The molecule has 6 aromatic carbocycles. The average molecular weight is 1160 g/mol. The number of aliphatic imine (C=N–C) groups is 3. The Kier molecular flexibility index (Phi) is 16.2. The fraction of sp³-hybridized carbons (Fsp3) is 0.0455. The fourth-order valence-electron chi connectivity index (χ4n) is 8.94. The molecule has 6 heterocycles. The molecule has 0 atom stereocenters. The Morgan fingerprint density at radius 3 is 1.54 bits per heavy atom. The van der Waals surface area contributed by atoms with Crippen LogP contribution in [0, 0.1) is 0 Å². The summed E-state index contributed by atoms with van der Waals surface area (Å²) in [5, 5.41) is 1.45. The van der Waals surface area contributed by atoms with E-state index in [1.165, 1.54) is 35.3 Å². The highest BCUT2D eigenvalue weighted by atomic mass is 32.2. The molecule has 18 heteroatoms. The van der Waals surface area contributed by atoms with E-state index in [9.17, 15) is 14.4 Å². The quantitative estimate of drug-likeness (QED) is 0.0894. The maximum absolute atomic E-state index is 14.6. The van der Waals surface area contributed by atoms with Crippen molar-refractivity contribution < 1.29 is 28.6 Å². The summed E-state index contributed by atoms with van der Waals surface area (Å²) in [6, 6.07) is 63.7. The van der Waals surface area contributed by atoms with Crippen LogP contribution in [0.25, 0.3) is 29.5 Å². The molecular weight excluding hydrogens is 1110 g/mol. The Morgan fingerprint density at radius 2 is 0.988 bits per heavy atom. The van der Waals surface area contributed by atoms with Crippen molar-refractivity contribution in [3.63, 3.8) is 0 Å². The van der Waals surface area contributed by atoms with E-state index in [4.69, 9.17) is 34.2 Å². The number of hydrogen-bond acceptors (Lipinski definition) is 15. The molecule has 3 amide bonds. The molecule has 0 N–H and O–H groups in total. The highest BCUT2D eigenvalue weighted by Gasteiger charge is 2.37. The van der Waals surface area contributed by atoms with Gasteiger partial charge in [0.15, 0.2) is 15.5 Å². The lowest BCUT2D eigenvalue weighted by molar-refractivity contribution is -0.114. The van der Waals surface area contributed by atoms with Gasteiger partial charge in [0.25, 0.3) is 17.7 Å². The van der Waals surface area contributed by atoms with E-state index < -0.39 is 0 Å². The molecule has 410 valence electrons. The van der Waals surface area contributed by atoms with Crippen molar-refractivity contribution in [3.8, 4) is 28.6 Å². The van der Waals surface area contributed by atoms with Gasteiger partial charge in [-0.15, -0.1) is 0 Å². The first-order valence-corrected chi connectivity index (χ1v) is 28.7. The molecular formula is C66H47N9O6S3. The number of thioether (sulfide) groups is 3. The SMILES string of the molecule is COc1ccc(/C=C2\S/C(=N\c3ccccc3)N(c3ccc(COc4cc(/C=C5\S/C(=N\c6ccccc6)N(c6ccccc6)C5=O)nc(-c5cccc(/N=C6\S/C(=C\c7ccnc(OC)c7)C(=O)N6c6ccccc6)c5)c4)cc3)C2=O)nc1. The second-order valence-electron chi connectivity index (χ2n) is 18.7. The molecule has 0 saturated carbocycles. The van der Waals surface area contributed by atoms with Gasteiger partial charge in [-0.3, -0.25) is 34.1 Å². The molecule has 12 rings (SSSR count). The van der Waals surface area contributed by atoms with Gasteiger partial charge in [-0.05, 0) is 156 Å². The van der Waals surface area contributed by atoms with Crippen LogP contribution in [0.15, 0.2) is 248 Å². The van der Waals surface area contributed by atoms with Crippen LogP contribution < -0.4 is 28.9 Å². The smallest absolute Gasteiger partial charge is 0.271 e. The minimum Gasteiger partial charge on any atom is -0.495 e. The lowest BCUT2D eigenvalue weighted by atomic mass is 10.1. The number of amides is 3. The summed E-state index contributed by atoms with van der Waals surface area (Å²) in [4.78, 5) is 77.9. The Hall–Kier alpha value is -10.1. The van der Waals surface area contributed by atoms with E-state index in [2.05, 4.69) is 9.97 Å². The first kappa shape index (κ1) is 54.4. The van der Waals surface area contributed by atoms with Crippen molar-refractivity contribution in [1.82, 2.24) is 15.0 Å². The van der Waals surface area contributed by atoms with Crippen LogP contribution in [0.1, 0.15) is 22.5 Å². The molecule has 0 radical (unpaired) electrons. The summed E-state index contributed by atoms with van der Waals surface area (Å²) in [5.41, 5.74) is 7.79. The zero-order valence-corrected chi connectivity index (χ0v) is 47.4. The minimum absolute atomic E-state index is 0.140. The number of ether oxygens (including phenoxy) is 3. The van der Waals surface area contributed by atoms with E-state index in [0.717, 1.165) is 11.1 Å². The summed E-state index contributed by atoms with van der Waals surface area (Å²) < 4.78 is 17.3. The number of aromatic nitrogens is 3. The number of para-hydroxylation sites is 4. The molecule has 3 fully saturated rings. The fourth-order valence-corrected chi connectivity index (χ4v) is 11.9. The van der Waals surface area contributed by atoms with Gasteiger partial charge in [-0.1, -0.05) is 97.1 Å². The van der Waals surface area contributed by atoms with Crippen LogP contribution in [-0.2, 0) is 21.0 Å². The van der Waals surface area contributed by atoms with Crippen LogP contribution in [0.5, 0.6) is 17.4 Å². The summed E-state index contributed by atoms with van der Waals surface area (Å²) >= 11 is 3.79. The third-order valence-electron chi connectivity index (χ3n) is 13.0. The van der Waals surface area contributed by atoms with Crippen LogP contribution >= 0.6 is 35.3 Å². The van der Waals surface area contributed by atoms with Gasteiger partial charge in [0, 0.05) is 30.0 Å². The molecule has 3 aliphatic rings. The van der Waals surface area contributed by atoms with E-state index in [1.807, 2.05) is 182 Å². The zero-order chi connectivity index (χ0) is 57.4. The van der Waals surface area contributed by atoms with Crippen LogP contribution in [0.4, 0.5) is 34.1 Å². The van der Waals surface area contributed by atoms with Gasteiger partial charge in [0.1, 0.15) is 18.1 Å². The van der Waals surface area contributed by atoms with Crippen LogP contribution in [0.3, 0.4) is 0 Å².